The molecule has 1 N–H and O–H groups in total. The molecule has 21 heavy (non-hydrogen) atoms. The van der Waals surface area contributed by atoms with Crippen LogP contribution in [-0.4, -0.2) is 54.1 Å². The zero-order valence-electron chi connectivity index (χ0n) is 15.0. The van der Waals surface area contributed by atoms with Gasteiger partial charge in [-0.05, 0) is 52.1 Å². The van der Waals surface area contributed by atoms with Gasteiger partial charge in [-0.25, -0.2) is 0 Å². The highest BCUT2D eigenvalue weighted by Crippen LogP contribution is 2.21. The fourth-order valence-corrected chi connectivity index (χ4v) is 2.90. The van der Waals surface area contributed by atoms with Gasteiger partial charge in [0.15, 0.2) is 0 Å². The van der Waals surface area contributed by atoms with Crippen molar-refractivity contribution in [1.29, 1.82) is 0 Å². The quantitative estimate of drug-likeness (QED) is 0.748. The van der Waals surface area contributed by atoms with Gasteiger partial charge in [0.25, 0.3) is 0 Å². The van der Waals surface area contributed by atoms with E-state index >= 15 is 0 Å². The third-order valence-corrected chi connectivity index (χ3v) is 4.42. The van der Waals surface area contributed by atoms with Gasteiger partial charge in [-0.2, -0.15) is 0 Å². The molecule has 1 amide bonds. The minimum atomic E-state index is 0.0141. The summed E-state index contributed by atoms with van der Waals surface area (Å²) in [5.41, 5.74) is 0. The summed E-state index contributed by atoms with van der Waals surface area (Å²) >= 11 is 0. The van der Waals surface area contributed by atoms with Crippen molar-refractivity contribution in [1.82, 2.24) is 15.1 Å². The maximum absolute atomic E-state index is 12.6. The number of nitrogens with one attached hydrogen (secondary N) is 1. The predicted molar refractivity (Wildman–Crippen MR) is 89.1 cm³/mol. The lowest BCUT2D eigenvalue weighted by molar-refractivity contribution is -0.130. The van der Waals surface area contributed by atoms with E-state index in [9.17, 15) is 4.79 Å². The van der Waals surface area contributed by atoms with Gasteiger partial charge < -0.3 is 9.80 Å². The van der Waals surface area contributed by atoms with Gasteiger partial charge in [0.05, 0.1) is 12.2 Å². The molecule has 2 atom stereocenters. The summed E-state index contributed by atoms with van der Waals surface area (Å²) < 4.78 is 0. The topological polar surface area (TPSA) is 35.6 Å². The summed E-state index contributed by atoms with van der Waals surface area (Å²) in [6.45, 7) is 15.1. The molecule has 124 valence electrons. The van der Waals surface area contributed by atoms with Crippen molar-refractivity contribution >= 4 is 5.91 Å². The van der Waals surface area contributed by atoms with Gasteiger partial charge in [-0.3, -0.25) is 10.1 Å². The summed E-state index contributed by atoms with van der Waals surface area (Å²) in [7, 11) is 2.15. The largest absolute Gasteiger partial charge is 0.325 e. The third kappa shape index (κ3) is 5.26. The first kappa shape index (κ1) is 18.4. The molecule has 1 fully saturated rings. The average Bonchev–Trinajstić information content (AvgIpc) is 2.66. The second kappa shape index (κ2) is 8.14. The first-order chi connectivity index (χ1) is 9.73. The molecule has 1 saturated heterocycles. The zero-order chi connectivity index (χ0) is 16.2. The molecule has 1 aliphatic rings. The maximum atomic E-state index is 12.6. The molecule has 1 aliphatic heterocycles. The lowest BCUT2D eigenvalue weighted by Gasteiger charge is -2.28. The Bertz CT molecular complexity index is 328. The van der Waals surface area contributed by atoms with Gasteiger partial charge in [-0.15, -0.1) is 0 Å². The van der Waals surface area contributed by atoms with Crippen LogP contribution in [0.3, 0.4) is 0 Å². The lowest BCUT2D eigenvalue weighted by Crippen LogP contribution is -2.42. The summed E-state index contributed by atoms with van der Waals surface area (Å²) in [5, 5.41) is 3.55. The maximum Gasteiger partial charge on any atom is 0.241 e. The lowest BCUT2D eigenvalue weighted by atomic mass is 10.0. The van der Waals surface area contributed by atoms with Crippen LogP contribution in [0.4, 0.5) is 0 Å². The normalized spacial score (nSPS) is 23.4. The van der Waals surface area contributed by atoms with Crippen molar-refractivity contribution in [2.75, 3.05) is 20.1 Å². The fraction of sp³-hybridized carbons (Fsp3) is 0.941. The monoisotopic (exact) mass is 297 g/mol. The number of amides is 1. The first-order valence-electron chi connectivity index (χ1n) is 8.50. The molecule has 0 bridgehead atoms. The smallest absolute Gasteiger partial charge is 0.241 e. The molecule has 0 aromatic rings. The molecule has 2 unspecified atom stereocenters. The van der Waals surface area contributed by atoms with E-state index in [1.165, 1.54) is 0 Å². The van der Waals surface area contributed by atoms with Crippen molar-refractivity contribution in [3.8, 4) is 0 Å². The Morgan fingerprint density at radius 1 is 1.19 bits per heavy atom. The van der Waals surface area contributed by atoms with Crippen LogP contribution in [0.25, 0.3) is 0 Å². The van der Waals surface area contributed by atoms with E-state index in [0.717, 1.165) is 25.9 Å². The summed E-state index contributed by atoms with van der Waals surface area (Å²) in [5.74, 6) is 1.30. The van der Waals surface area contributed by atoms with Gasteiger partial charge in [-0.1, -0.05) is 27.7 Å². The summed E-state index contributed by atoms with van der Waals surface area (Å²) in [4.78, 5) is 17.0. The molecule has 0 aromatic heterocycles. The van der Waals surface area contributed by atoms with Crippen LogP contribution in [-0.2, 0) is 4.79 Å². The average molecular weight is 297 g/mol. The molecule has 0 aromatic carbocycles. The Balaban J connectivity index is 2.58. The Hall–Kier alpha value is -0.610. The minimum absolute atomic E-state index is 0.0141. The molecule has 0 saturated carbocycles. The van der Waals surface area contributed by atoms with Crippen molar-refractivity contribution in [2.24, 2.45) is 11.8 Å². The highest BCUT2D eigenvalue weighted by atomic mass is 16.2. The van der Waals surface area contributed by atoms with E-state index in [4.69, 9.17) is 0 Å². The summed E-state index contributed by atoms with van der Waals surface area (Å²) in [6.07, 6.45) is 2.18. The van der Waals surface area contributed by atoms with Gasteiger partial charge in [0.2, 0.25) is 5.91 Å². The Kier molecular flexibility index (Phi) is 7.14. The van der Waals surface area contributed by atoms with E-state index in [1.54, 1.807) is 0 Å². The Morgan fingerprint density at radius 2 is 1.81 bits per heavy atom. The number of carbonyl (C=O) groups is 1. The van der Waals surface area contributed by atoms with E-state index in [-0.39, 0.29) is 12.2 Å². The third-order valence-electron chi connectivity index (χ3n) is 4.42. The van der Waals surface area contributed by atoms with Crippen molar-refractivity contribution in [3.63, 3.8) is 0 Å². The number of carbonyl (C=O) groups excluding carboxylic acids is 1. The molecule has 4 heteroatoms. The first-order valence-corrected chi connectivity index (χ1v) is 8.50. The van der Waals surface area contributed by atoms with Crippen molar-refractivity contribution < 1.29 is 4.79 Å². The van der Waals surface area contributed by atoms with Crippen LogP contribution in [0, 0.1) is 11.8 Å². The second-order valence-electron chi connectivity index (χ2n) is 7.50. The molecular formula is C17H35N3O. The number of hydrogen-bond donors (Lipinski definition) is 1. The van der Waals surface area contributed by atoms with Crippen molar-refractivity contribution in [3.05, 3.63) is 0 Å². The van der Waals surface area contributed by atoms with E-state index in [1.807, 2.05) is 0 Å². The number of hydrogen-bond acceptors (Lipinski definition) is 3. The standard InChI is InChI=1S/C17H35N3O/c1-12(2)11-15-17(21)20(16(18-15)13(3)4)10-8-9-19(7)14(5)6/h12-16,18H,8-11H2,1-7H3. The van der Waals surface area contributed by atoms with Gasteiger partial charge in [0.1, 0.15) is 0 Å². The number of nitrogens with zero attached hydrogens (tertiary/aromatic N) is 2. The second-order valence-corrected chi connectivity index (χ2v) is 7.50. The molecule has 0 aliphatic carbocycles. The van der Waals surface area contributed by atoms with Crippen molar-refractivity contribution in [2.45, 2.75) is 72.6 Å². The molecule has 4 nitrogen and oxygen atoms in total. The fourth-order valence-electron chi connectivity index (χ4n) is 2.90. The SMILES string of the molecule is CC(C)CC1NC(C(C)C)N(CCCN(C)C(C)C)C1=O. The van der Waals surface area contributed by atoms with E-state index < -0.39 is 0 Å². The van der Waals surface area contributed by atoms with E-state index in [0.29, 0.717) is 23.8 Å². The number of rotatable bonds is 8. The van der Waals surface area contributed by atoms with Gasteiger partial charge in [0, 0.05) is 12.6 Å². The summed E-state index contributed by atoms with van der Waals surface area (Å²) in [6, 6.07) is 0.576. The van der Waals surface area contributed by atoms with Crippen LogP contribution in [0.1, 0.15) is 54.4 Å². The Labute approximate surface area is 131 Å². The van der Waals surface area contributed by atoms with E-state index in [2.05, 4.69) is 63.7 Å². The molecule has 0 spiro atoms. The molecule has 1 heterocycles. The van der Waals surface area contributed by atoms with Gasteiger partial charge >= 0.3 is 0 Å². The highest BCUT2D eigenvalue weighted by molar-refractivity contribution is 5.84. The minimum Gasteiger partial charge on any atom is -0.325 e. The zero-order valence-corrected chi connectivity index (χ0v) is 15.0. The van der Waals surface area contributed by atoms with Crippen LogP contribution in [0.5, 0.6) is 0 Å². The molecule has 0 radical (unpaired) electrons. The highest BCUT2D eigenvalue weighted by Gasteiger charge is 2.39. The van der Waals surface area contributed by atoms with Crippen LogP contribution >= 0.6 is 0 Å². The van der Waals surface area contributed by atoms with Crippen LogP contribution in [0.15, 0.2) is 0 Å². The van der Waals surface area contributed by atoms with Crippen LogP contribution < -0.4 is 5.32 Å². The van der Waals surface area contributed by atoms with Crippen LogP contribution in [0.2, 0.25) is 0 Å². The molecular weight excluding hydrogens is 262 g/mol. The Morgan fingerprint density at radius 3 is 2.29 bits per heavy atom. The molecule has 1 rings (SSSR count). The predicted octanol–water partition coefficient (Wildman–Crippen LogP) is 2.55.